The maximum atomic E-state index is 11.3. The largest absolute Gasteiger partial charge is 0.468 e. The fourth-order valence-electron chi connectivity index (χ4n) is 1.43. The van der Waals surface area contributed by atoms with Gasteiger partial charge in [-0.15, -0.1) is 0 Å². The Hall–Kier alpha value is -2.09. The van der Waals surface area contributed by atoms with E-state index in [9.17, 15) is 4.79 Å². The molecule has 0 unspecified atom stereocenters. The first-order valence-electron chi connectivity index (χ1n) is 5.39. The van der Waals surface area contributed by atoms with Crippen LogP contribution >= 0.6 is 0 Å². The van der Waals surface area contributed by atoms with Gasteiger partial charge in [-0.1, -0.05) is 6.92 Å². The van der Waals surface area contributed by atoms with Gasteiger partial charge in [0.05, 0.1) is 18.7 Å². The Kier molecular flexibility index (Phi) is 4.95. The predicted molar refractivity (Wildman–Crippen MR) is 63.5 cm³/mol. The summed E-state index contributed by atoms with van der Waals surface area (Å²) >= 11 is 0. The first-order valence-corrected chi connectivity index (χ1v) is 5.39. The van der Waals surface area contributed by atoms with Crippen molar-refractivity contribution < 1.29 is 9.53 Å². The SMILES string of the molecule is CCCN(CC(=O)OC)c1cc(C#N)ccn1. The van der Waals surface area contributed by atoms with Gasteiger partial charge in [-0.25, -0.2) is 4.98 Å². The number of hydrogen-bond acceptors (Lipinski definition) is 5. The van der Waals surface area contributed by atoms with Crippen molar-refractivity contribution in [1.29, 1.82) is 5.26 Å². The maximum Gasteiger partial charge on any atom is 0.325 e. The highest BCUT2D eigenvalue weighted by Gasteiger charge is 2.12. The lowest BCUT2D eigenvalue weighted by Gasteiger charge is -2.21. The number of ether oxygens (including phenoxy) is 1. The average molecular weight is 233 g/mol. The van der Waals surface area contributed by atoms with Crippen LogP contribution in [0.15, 0.2) is 18.3 Å². The molecule has 0 fully saturated rings. The Balaban J connectivity index is 2.88. The fraction of sp³-hybridized carbons (Fsp3) is 0.417. The molecule has 17 heavy (non-hydrogen) atoms. The lowest BCUT2D eigenvalue weighted by atomic mass is 10.2. The first kappa shape index (κ1) is 13.0. The Labute approximate surface area is 101 Å². The van der Waals surface area contributed by atoms with Crippen LogP contribution in [0.5, 0.6) is 0 Å². The molecule has 0 aromatic carbocycles. The van der Waals surface area contributed by atoms with Crippen LogP contribution in [0.4, 0.5) is 5.82 Å². The summed E-state index contributed by atoms with van der Waals surface area (Å²) in [6.07, 6.45) is 2.45. The number of nitriles is 1. The number of hydrogen-bond donors (Lipinski definition) is 0. The highest BCUT2D eigenvalue weighted by molar-refractivity contribution is 5.75. The van der Waals surface area contributed by atoms with Crippen molar-refractivity contribution in [2.75, 3.05) is 25.1 Å². The minimum absolute atomic E-state index is 0.145. The summed E-state index contributed by atoms with van der Waals surface area (Å²) in [4.78, 5) is 17.2. The van der Waals surface area contributed by atoms with Gasteiger partial charge in [0, 0.05) is 12.7 Å². The van der Waals surface area contributed by atoms with Crippen molar-refractivity contribution >= 4 is 11.8 Å². The maximum absolute atomic E-state index is 11.3. The number of anilines is 1. The van der Waals surface area contributed by atoms with Gasteiger partial charge in [0.25, 0.3) is 0 Å². The summed E-state index contributed by atoms with van der Waals surface area (Å²) in [5.41, 5.74) is 0.529. The van der Waals surface area contributed by atoms with Crippen molar-refractivity contribution in [3.8, 4) is 6.07 Å². The van der Waals surface area contributed by atoms with Gasteiger partial charge in [-0.05, 0) is 18.6 Å². The number of carbonyl (C=O) groups is 1. The molecule has 0 spiro atoms. The van der Waals surface area contributed by atoms with Crippen LogP contribution in [-0.4, -0.2) is 31.2 Å². The highest BCUT2D eigenvalue weighted by Crippen LogP contribution is 2.12. The minimum atomic E-state index is -0.317. The number of carbonyl (C=O) groups excluding carboxylic acids is 1. The summed E-state index contributed by atoms with van der Waals surface area (Å²) < 4.78 is 4.63. The zero-order chi connectivity index (χ0) is 12.7. The molecule has 0 saturated carbocycles. The molecule has 0 N–H and O–H groups in total. The van der Waals surface area contributed by atoms with Crippen molar-refractivity contribution in [2.45, 2.75) is 13.3 Å². The van der Waals surface area contributed by atoms with E-state index in [4.69, 9.17) is 5.26 Å². The normalized spacial score (nSPS) is 9.47. The van der Waals surface area contributed by atoms with Gasteiger partial charge in [0.15, 0.2) is 0 Å². The molecule has 0 aliphatic rings. The van der Waals surface area contributed by atoms with E-state index >= 15 is 0 Å². The van der Waals surface area contributed by atoms with E-state index in [2.05, 4.69) is 9.72 Å². The lowest BCUT2D eigenvalue weighted by molar-refractivity contribution is -0.138. The van der Waals surface area contributed by atoms with E-state index in [0.29, 0.717) is 17.9 Å². The number of pyridine rings is 1. The molecule has 0 radical (unpaired) electrons. The fourth-order valence-corrected chi connectivity index (χ4v) is 1.43. The van der Waals surface area contributed by atoms with Crippen LogP contribution in [-0.2, 0) is 9.53 Å². The summed E-state index contributed by atoms with van der Waals surface area (Å²) in [6, 6.07) is 5.34. The molecule has 5 heteroatoms. The van der Waals surface area contributed by atoms with Crippen molar-refractivity contribution in [3.63, 3.8) is 0 Å². The third-order valence-corrected chi connectivity index (χ3v) is 2.24. The van der Waals surface area contributed by atoms with Crippen molar-refractivity contribution in [2.24, 2.45) is 0 Å². The quantitative estimate of drug-likeness (QED) is 0.718. The molecule has 0 amide bonds. The summed E-state index contributed by atoms with van der Waals surface area (Å²) in [5.74, 6) is 0.305. The van der Waals surface area contributed by atoms with E-state index in [0.717, 1.165) is 6.42 Å². The highest BCUT2D eigenvalue weighted by atomic mass is 16.5. The summed E-state index contributed by atoms with van der Waals surface area (Å²) in [5, 5.41) is 8.81. The Morgan fingerprint density at radius 3 is 3.00 bits per heavy atom. The molecule has 90 valence electrons. The van der Waals surface area contributed by atoms with Crippen LogP contribution in [0.25, 0.3) is 0 Å². The number of aromatic nitrogens is 1. The second-order valence-electron chi connectivity index (χ2n) is 3.51. The zero-order valence-corrected chi connectivity index (χ0v) is 10.0. The van der Waals surface area contributed by atoms with Crippen LogP contribution in [0.3, 0.4) is 0 Å². The van der Waals surface area contributed by atoms with Gasteiger partial charge in [0.2, 0.25) is 0 Å². The minimum Gasteiger partial charge on any atom is -0.468 e. The van der Waals surface area contributed by atoms with E-state index in [1.165, 1.54) is 7.11 Å². The second kappa shape index (κ2) is 6.48. The average Bonchev–Trinajstić information content (AvgIpc) is 2.38. The molecule has 0 aliphatic carbocycles. The topological polar surface area (TPSA) is 66.2 Å². The third kappa shape index (κ3) is 3.76. The number of esters is 1. The molecular formula is C12H15N3O2. The van der Waals surface area contributed by atoms with Crippen LogP contribution in [0.1, 0.15) is 18.9 Å². The molecule has 0 saturated heterocycles. The Morgan fingerprint density at radius 2 is 2.41 bits per heavy atom. The summed E-state index contributed by atoms with van der Waals surface area (Å²) in [7, 11) is 1.35. The Morgan fingerprint density at radius 1 is 1.65 bits per heavy atom. The molecule has 1 rings (SSSR count). The van der Waals surface area contributed by atoms with Gasteiger partial charge < -0.3 is 9.64 Å². The van der Waals surface area contributed by atoms with Gasteiger partial charge in [-0.2, -0.15) is 5.26 Å². The Bertz CT molecular complexity index is 426. The van der Waals surface area contributed by atoms with Crippen LogP contribution in [0, 0.1) is 11.3 Å². The number of rotatable bonds is 5. The molecule has 0 aliphatic heterocycles. The molecule has 0 atom stereocenters. The van der Waals surface area contributed by atoms with Crippen LogP contribution < -0.4 is 4.90 Å². The van der Waals surface area contributed by atoms with E-state index in [1.807, 2.05) is 13.0 Å². The molecule has 1 aromatic rings. The molecule has 1 heterocycles. The van der Waals surface area contributed by atoms with E-state index in [1.54, 1.807) is 23.2 Å². The predicted octanol–water partition coefficient (Wildman–Crippen LogP) is 1.34. The van der Waals surface area contributed by atoms with Crippen LogP contribution in [0.2, 0.25) is 0 Å². The molecule has 1 aromatic heterocycles. The summed E-state index contributed by atoms with van der Waals surface area (Å²) in [6.45, 7) is 2.85. The lowest BCUT2D eigenvalue weighted by Crippen LogP contribution is -2.31. The molecular weight excluding hydrogens is 218 g/mol. The van der Waals surface area contributed by atoms with Gasteiger partial charge in [-0.3, -0.25) is 4.79 Å². The first-order chi connectivity index (χ1) is 8.21. The number of nitrogens with zero attached hydrogens (tertiary/aromatic N) is 3. The molecule has 0 bridgehead atoms. The number of methoxy groups -OCH3 is 1. The zero-order valence-electron chi connectivity index (χ0n) is 10.0. The smallest absolute Gasteiger partial charge is 0.325 e. The third-order valence-electron chi connectivity index (χ3n) is 2.24. The van der Waals surface area contributed by atoms with Crippen molar-refractivity contribution in [3.05, 3.63) is 23.9 Å². The van der Waals surface area contributed by atoms with Gasteiger partial charge in [0.1, 0.15) is 12.4 Å². The van der Waals surface area contributed by atoms with E-state index < -0.39 is 0 Å². The second-order valence-corrected chi connectivity index (χ2v) is 3.51. The van der Waals surface area contributed by atoms with Crippen molar-refractivity contribution in [1.82, 2.24) is 4.98 Å². The molecule has 5 nitrogen and oxygen atoms in total. The standard InChI is InChI=1S/C12H15N3O2/c1-3-6-15(9-12(16)17-2)11-7-10(8-13)4-5-14-11/h4-5,7H,3,6,9H2,1-2H3. The van der Waals surface area contributed by atoms with Gasteiger partial charge >= 0.3 is 5.97 Å². The monoisotopic (exact) mass is 233 g/mol. The van der Waals surface area contributed by atoms with E-state index in [-0.39, 0.29) is 12.5 Å².